The lowest BCUT2D eigenvalue weighted by Crippen LogP contribution is -2.60. The Labute approximate surface area is 164 Å². The van der Waals surface area contributed by atoms with E-state index in [1.54, 1.807) is 31.2 Å². The third-order valence-corrected chi connectivity index (χ3v) is 4.81. The van der Waals surface area contributed by atoms with Gasteiger partial charge in [0.15, 0.2) is 5.92 Å². The van der Waals surface area contributed by atoms with Gasteiger partial charge in [-0.1, -0.05) is 25.4 Å². The quantitative estimate of drug-likeness (QED) is 0.419. The molecule has 2 rings (SSSR count). The Morgan fingerprint density at radius 2 is 1.81 bits per heavy atom. The summed E-state index contributed by atoms with van der Waals surface area (Å²) in [6.07, 6.45) is 0.835. The summed E-state index contributed by atoms with van der Waals surface area (Å²) in [6.45, 7) is 9.23. The molecule has 0 spiro atoms. The van der Waals surface area contributed by atoms with Crippen molar-refractivity contribution in [3.8, 4) is 0 Å². The molecule has 1 N–H and O–H groups in total. The Hall–Kier alpha value is -2.25. The highest BCUT2D eigenvalue weighted by Crippen LogP contribution is 2.23. The van der Waals surface area contributed by atoms with Crippen LogP contribution in [0.25, 0.3) is 0 Å². The van der Waals surface area contributed by atoms with Crippen molar-refractivity contribution < 1.29 is 14.4 Å². The van der Waals surface area contributed by atoms with E-state index < -0.39 is 23.8 Å². The van der Waals surface area contributed by atoms with Crippen molar-refractivity contribution in [2.24, 2.45) is 10.9 Å². The van der Waals surface area contributed by atoms with Gasteiger partial charge in [-0.15, -0.1) is 0 Å². The molecular formula is C19H25ClN4O3. The number of hydrogen-bond acceptors (Lipinski definition) is 5. The van der Waals surface area contributed by atoms with Gasteiger partial charge in [0.05, 0.1) is 5.69 Å². The molecule has 1 heterocycles. The number of imide groups is 2. The van der Waals surface area contributed by atoms with E-state index in [0.29, 0.717) is 23.0 Å². The van der Waals surface area contributed by atoms with Gasteiger partial charge in [0.25, 0.3) is 5.91 Å². The Bertz CT molecular complexity index is 729. The summed E-state index contributed by atoms with van der Waals surface area (Å²) in [5, 5.41) is 2.72. The summed E-state index contributed by atoms with van der Waals surface area (Å²) in [5.74, 6) is -2.34. The van der Waals surface area contributed by atoms with E-state index in [4.69, 9.17) is 11.6 Å². The minimum absolute atomic E-state index is 0.355. The van der Waals surface area contributed by atoms with E-state index in [9.17, 15) is 14.4 Å². The molecule has 7 nitrogen and oxygen atoms in total. The molecule has 1 aliphatic heterocycles. The lowest BCUT2D eigenvalue weighted by molar-refractivity contribution is -0.131. The maximum absolute atomic E-state index is 12.8. The van der Waals surface area contributed by atoms with Crippen molar-refractivity contribution in [1.29, 1.82) is 0 Å². The Balaban J connectivity index is 2.11. The van der Waals surface area contributed by atoms with Crippen LogP contribution in [0.3, 0.4) is 0 Å². The largest absolute Gasteiger partial charge is 0.335 e. The molecule has 0 aliphatic carbocycles. The molecule has 0 aromatic heterocycles. The monoisotopic (exact) mass is 392 g/mol. The second-order valence-corrected chi connectivity index (χ2v) is 6.72. The molecule has 1 atom stereocenters. The lowest BCUT2D eigenvalue weighted by Gasteiger charge is -2.30. The predicted octanol–water partition coefficient (Wildman–Crippen LogP) is 2.73. The van der Waals surface area contributed by atoms with E-state index in [1.165, 1.54) is 0 Å². The van der Waals surface area contributed by atoms with Crippen molar-refractivity contribution in [1.82, 2.24) is 10.2 Å². The van der Waals surface area contributed by atoms with Gasteiger partial charge in [0, 0.05) is 17.3 Å². The number of benzene rings is 1. The molecule has 1 unspecified atom stereocenters. The van der Waals surface area contributed by atoms with Crippen LogP contribution in [-0.2, 0) is 9.59 Å². The van der Waals surface area contributed by atoms with E-state index in [1.807, 2.05) is 0 Å². The lowest BCUT2D eigenvalue weighted by atomic mass is 9.99. The number of carbonyl (C=O) groups is 3. The summed E-state index contributed by atoms with van der Waals surface area (Å²) in [6, 6.07) is 5.51. The van der Waals surface area contributed by atoms with Gasteiger partial charge >= 0.3 is 6.03 Å². The zero-order valence-electron chi connectivity index (χ0n) is 15.9. The number of hydrogen-bond donors (Lipinski definition) is 1. The van der Waals surface area contributed by atoms with Crippen LogP contribution in [0.15, 0.2) is 29.3 Å². The summed E-state index contributed by atoms with van der Waals surface area (Å²) in [4.78, 5) is 44.9. The minimum Gasteiger partial charge on any atom is -0.304 e. The SMILES string of the molecule is CCN(CC)CCCN=C(C)C1C(=O)NC(=O)N(c2ccc(Cl)cc2)C1=O. The van der Waals surface area contributed by atoms with Crippen LogP contribution in [0.2, 0.25) is 5.02 Å². The number of nitrogens with zero attached hydrogens (tertiary/aromatic N) is 3. The highest BCUT2D eigenvalue weighted by atomic mass is 35.5. The van der Waals surface area contributed by atoms with Crippen LogP contribution in [0.4, 0.5) is 10.5 Å². The standard InChI is InChI=1S/C19H25ClN4O3/c1-4-23(5-2)12-6-11-21-13(3)16-17(25)22-19(27)24(18(16)26)15-9-7-14(20)8-10-15/h7-10,16H,4-6,11-12H2,1-3H3,(H,22,25,27). The van der Waals surface area contributed by atoms with E-state index in [0.717, 1.165) is 31.0 Å². The average molecular weight is 393 g/mol. The minimum atomic E-state index is -1.10. The van der Waals surface area contributed by atoms with Crippen LogP contribution in [-0.4, -0.2) is 54.6 Å². The Morgan fingerprint density at radius 1 is 1.19 bits per heavy atom. The van der Waals surface area contributed by atoms with Crippen LogP contribution in [0.1, 0.15) is 27.2 Å². The van der Waals surface area contributed by atoms with Gasteiger partial charge in [-0.05, 0) is 57.2 Å². The third-order valence-electron chi connectivity index (χ3n) is 4.55. The molecule has 1 aromatic carbocycles. The second-order valence-electron chi connectivity index (χ2n) is 6.28. The summed E-state index contributed by atoms with van der Waals surface area (Å²) in [7, 11) is 0. The summed E-state index contributed by atoms with van der Waals surface area (Å²) < 4.78 is 0. The van der Waals surface area contributed by atoms with Crippen molar-refractivity contribution in [2.75, 3.05) is 31.1 Å². The fraction of sp³-hybridized carbons (Fsp3) is 0.474. The first-order valence-electron chi connectivity index (χ1n) is 9.06. The number of aliphatic imine (C=N–C) groups is 1. The molecule has 0 saturated carbocycles. The normalized spacial score (nSPS) is 18.3. The maximum Gasteiger partial charge on any atom is 0.335 e. The van der Waals surface area contributed by atoms with E-state index >= 15 is 0 Å². The first-order valence-corrected chi connectivity index (χ1v) is 9.44. The van der Waals surface area contributed by atoms with Crippen molar-refractivity contribution >= 4 is 40.8 Å². The summed E-state index contributed by atoms with van der Waals surface area (Å²) >= 11 is 5.86. The smallest absolute Gasteiger partial charge is 0.304 e. The molecule has 8 heteroatoms. The molecule has 4 amide bonds. The molecule has 1 saturated heterocycles. The average Bonchev–Trinajstić information content (AvgIpc) is 2.63. The Kier molecular flexibility index (Phi) is 7.50. The van der Waals surface area contributed by atoms with E-state index in [-0.39, 0.29) is 0 Å². The van der Waals surface area contributed by atoms with Gasteiger partial charge in [-0.2, -0.15) is 0 Å². The van der Waals surface area contributed by atoms with Gasteiger partial charge < -0.3 is 4.90 Å². The van der Waals surface area contributed by atoms with Crippen LogP contribution in [0, 0.1) is 5.92 Å². The van der Waals surface area contributed by atoms with Crippen molar-refractivity contribution in [3.05, 3.63) is 29.3 Å². The molecule has 146 valence electrons. The van der Waals surface area contributed by atoms with Crippen molar-refractivity contribution in [3.63, 3.8) is 0 Å². The van der Waals surface area contributed by atoms with Gasteiger partial charge in [-0.25, -0.2) is 9.69 Å². The molecule has 1 fully saturated rings. The predicted molar refractivity (Wildman–Crippen MR) is 106 cm³/mol. The fourth-order valence-electron chi connectivity index (χ4n) is 2.96. The zero-order valence-corrected chi connectivity index (χ0v) is 16.6. The second kappa shape index (κ2) is 9.62. The maximum atomic E-state index is 12.8. The highest BCUT2D eigenvalue weighted by Gasteiger charge is 2.42. The number of nitrogens with one attached hydrogen (secondary N) is 1. The number of barbiturate groups is 1. The zero-order chi connectivity index (χ0) is 20.0. The third kappa shape index (κ3) is 5.14. The van der Waals surface area contributed by atoms with Crippen LogP contribution >= 0.6 is 11.6 Å². The Morgan fingerprint density at radius 3 is 2.41 bits per heavy atom. The molecule has 0 radical (unpaired) electrons. The molecular weight excluding hydrogens is 368 g/mol. The van der Waals surface area contributed by atoms with E-state index in [2.05, 4.69) is 29.1 Å². The first kappa shape index (κ1) is 21.1. The first-order chi connectivity index (χ1) is 12.9. The number of anilines is 1. The van der Waals surface area contributed by atoms with Crippen LogP contribution < -0.4 is 10.2 Å². The summed E-state index contributed by atoms with van der Waals surface area (Å²) in [5.41, 5.74) is 0.761. The highest BCUT2D eigenvalue weighted by molar-refractivity contribution is 6.35. The van der Waals surface area contributed by atoms with Crippen LogP contribution in [0.5, 0.6) is 0 Å². The fourth-order valence-corrected chi connectivity index (χ4v) is 3.08. The van der Waals surface area contributed by atoms with Crippen molar-refractivity contribution in [2.45, 2.75) is 27.2 Å². The number of amides is 4. The number of carbonyl (C=O) groups excluding carboxylic acids is 3. The molecule has 1 aliphatic rings. The molecule has 1 aromatic rings. The number of urea groups is 1. The number of halogens is 1. The van der Waals surface area contributed by atoms with Gasteiger partial charge in [0.2, 0.25) is 5.91 Å². The van der Waals surface area contributed by atoms with Gasteiger partial charge in [0.1, 0.15) is 0 Å². The molecule has 0 bridgehead atoms. The number of rotatable bonds is 8. The van der Waals surface area contributed by atoms with Gasteiger partial charge in [-0.3, -0.25) is 19.9 Å². The molecule has 27 heavy (non-hydrogen) atoms. The topological polar surface area (TPSA) is 82.1 Å².